The molecule has 1 fully saturated rings. The minimum atomic E-state index is -1.59. The number of esters is 3. The van der Waals surface area contributed by atoms with Crippen LogP contribution in [0.1, 0.15) is 32.6 Å². The summed E-state index contributed by atoms with van der Waals surface area (Å²) in [6.07, 6.45) is -5.50. The van der Waals surface area contributed by atoms with Crippen LogP contribution >= 0.6 is 0 Å². The van der Waals surface area contributed by atoms with Crippen LogP contribution in [0.2, 0.25) is 0 Å². The number of aromatic nitrogens is 2. The number of hydrogen-bond donors (Lipinski definition) is 1. The maximum atomic E-state index is 14.6. The number of ether oxygens (including phenoxy) is 4. The van der Waals surface area contributed by atoms with Crippen molar-refractivity contribution in [3.63, 3.8) is 0 Å². The van der Waals surface area contributed by atoms with E-state index in [9.17, 15) is 28.4 Å². The molecule has 12 heteroatoms. The van der Waals surface area contributed by atoms with Crippen LogP contribution in [0.15, 0.2) is 9.59 Å². The van der Waals surface area contributed by atoms with Gasteiger partial charge in [0.1, 0.15) is 12.7 Å². The highest BCUT2D eigenvalue weighted by atomic mass is 19.1. The Hall–Kier alpha value is -3.02. The Bertz CT molecular complexity index is 906. The van der Waals surface area contributed by atoms with E-state index in [0.29, 0.717) is 4.57 Å². The van der Waals surface area contributed by atoms with E-state index in [4.69, 9.17) is 18.9 Å². The molecule has 1 aromatic rings. The number of nitrogens with one attached hydrogen (secondary N) is 1. The van der Waals surface area contributed by atoms with Gasteiger partial charge in [-0.3, -0.25) is 24.2 Å². The number of aromatic amines is 1. The van der Waals surface area contributed by atoms with Gasteiger partial charge in [0.05, 0.1) is 5.56 Å². The molecule has 1 aromatic heterocycles. The van der Waals surface area contributed by atoms with E-state index < -0.39 is 71.8 Å². The summed E-state index contributed by atoms with van der Waals surface area (Å²) in [5, 5.41) is 0. The quantitative estimate of drug-likeness (QED) is 0.384. The summed E-state index contributed by atoms with van der Waals surface area (Å²) >= 11 is 0. The van der Waals surface area contributed by atoms with Gasteiger partial charge in [0.2, 0.25) is 5.95 Å². The first-order chi connectivity index (χ1) is 13.0. The third-order valence-electron chi connectivity index (χ3n) is 3.90. The maximum absolute atomic E-state index is 14.6. The van der Waals surface area contributed by atoms with Crippen LogP contribution < -0.4 is 11.2 Å². The molecule has 4 atom stereocenters. The lowest BCUT2D eigenvalue weighted by atomic mass is 10.1. The molecule has 1 aliphatic heterocycles. The summed E-state index contributed by atoms with van der Waals surface area (Å²) in [5.74, 6) is -3.48. The Morgan fingerprint density at radius 1 is 1.07 bits per heavy atom. The second-order valence-electron chi connectivity index (χ2n) is 6.06. The van der Waals surface area contributed by atoms with Gasteiger partial charge >= 0.3 is 23.6 Å². The van der Waals surface area contributed by atoms with Crippen LogP contribution in [0.4, 0.5) is 4.39 Å². The second kappa shape index (κ2) is 8.33. The standard InChI is InChI=1S/C16H19FN2O9/c1-6-13(17)19(16(24)18-14(6)23)15-12(27-9(4)22)11(26-8(3)21)10(28-15)5-25-7(2)20/h10-12,15H,5H2,1-4H3,(H,18,23,24)/t10-,11-,12+,15+/m1/s1. The first-order valence-corrected chi connectivity index (χ1v) is 8.17. The molecule has 1 aliphatic rings. The Kier molecular flexibility index (Phi) is 6.33. The van der Waals surface area contributed by atoms with E-state index in [1.54, 1.807) is 0 Å². The third kappa shape index (κ3) is 4.44. The summed E-state index contributed by atoms with van der Waals surface area (Å²) in [6, 6.07) is 0. The molecule has 1 N–H and O–H groups in total. The normalized spacial score (nSPS) is 23.9. The largest absolute Gasteiger partial charge is 0.463 e. The van der Waals surface area contributed by atoms with E-state index in [-0.39, 0.29) is 0 Å². The van der Waals surface area contributed by atoms with Crippen molar-refractivity contribution in [2.24, 2.45) is 0 Å². The fraction of sp³-hybridized carbons (Fsp3) is 0.562. The first-order valence-electron chi connectivity index (χ1n) is 8.17. The molecule has 0 amide bonds. The molecule has 1 saturated heterocycles. The molecule has 0 aliphatic carbocycles. The fourth-order valence-electron chi connectivity index (χ4n) is 2.74. The van der Waals surface area contributed by atoms with E-state index >= 15 is 0 Å². The van der Waals surface area contributed by atoms with Crippen LogP contribution in [-0.2, 0) is 33.3 Å². The van der Waals surface area contributed by atoms with Crippen molar-refractivity contribution in [2.45, 2.75) is 52.2 Å². The molecule has 0 radical (unpaired) electrons. The van der Waals surface area contributed by atoms with Crippen molar-refractivity contribution in [1.29, 1.82) is 0 Å². The summed E-state index contributed by atoms with van der Waals surface area (Å²) < 4.78 is 35.7. The van der Waals surface area contributed by atoms with Gasteiger partial charge < -0.3 is 18.9 Å². The van der Waals surface area contributed by atoms with E-state index in [0.717, 1.165) is 27.7 Å². The fourth-order valence-corrected chi connectivity index (χ4v) is 2.74. The lowest BCUT2D eigenvalue weighted by Gasteiger charge is -2.24. The maximum Gasteiger partial charge on any atom is 0.332 e. The lowest BCUT2D eigenvalue weighted by molar-refractivity contribution is -0.166. The number of rotatable bonds is 5. The number of halogens is 1. The molecule has 0 aromatic carbocycles. The molecule has 11 nitrogen and oxygen atoms in total. The highest BCUT2D eigenvalue weighted by Gasteiger charge is 2.51. The summed E-state index contributed by atoms with van der Waals surface area (Å²) in [4.78, 5) is 59.8. The van der Waals surface area contributed by atoms with Crippen molar-refractivity contribution >= 4 is 17.9 Å². The Morgan fingerprint density at radius 2 is 1.64 bits per heavy atom. The molecule has 28 heavy (non-hydrogen) atoms. The molecule has 0 bridgehead atoms. The van der Waals surface area contributed by atoms with Crippen molar-refractivity contribution < 1.29 is 37.7 Å². The van der Waals surface area contributed by atoms with Crippen molar-refractivity contribution in [2.75, 3.05) is 6.61 Å². The molecule has 0 spiro atoms. The van der Waals surface area contributed by atoms with Gasteiger partial charge in [0, 0.05) is 20.8 Å². The van der Waals surface area contributed by atoms with Gasteiger partial charge in [-0.15, -0.1) is 0 Å². The molecule has 2 heterocycles. The first kappa shape index (κ1) is 21.3. The molecular formula is C16H19FN2O9. The van der Waals surface area contributed by atoms with E-state index in [1.165, 1.54) is 0 Å². The molecule has 0 saturated carbocycles. The van der Waals surface area contributed by atoms with Crippen LogP contribution in [-0.4, -0.2) is 52.4 Å². The summed E-state index contributed by atoms with van der Waals surface area (Å²) in [7, 11) is 0. The number of nitrogens with zero attached hydrogens (tertiary/aromatic N) is 1. The average molecular weight is 402 g/mol. The van der Waals surface area contributed by atoms with E-state index in [1.807, 2.05) is 4.98 Å². The number of hydrogen-bond acceptors (Lipinski definition) is 9. The SMILES string of the molecule is CC(=O)OC[C@H]1O[C@H](n2c(F)c(C)c(=O)[nH]c2=O)[C@@H](OC(C)=O)[C@@H]1OC(C)=O. The average Bonchev–Trinajstić information content (AvgIpc) is 2.87. The van der Waals surface area contributed by atoms with Crippen LogP contribution in [0.3, 0.4) is 0 Å². The predicted octanol–water partition coefficient (Wildman–Crippen LogP) is -0.692. The van der Waals surface area contributed by atoms with E-state index in [2.05, 4.69) is 0 Å². The van der Waals surface area contributed by atoms with Crippen molar-refractivity contribution in [3.05, 3.63) is 32.3 Å². The summed E-state index contributed by atoms with van der Waals surface area (Å²) in [6.45, 7) is 3.99. The summed E-state index contributed by atoms with van der Waals surface area (Å²) in [5.41, 5.74) is -2.50. The zero-order valence-electron chi connectivity index (χ0n) is 15.5. The number of H-pyrrole nitrogens is 1. The minimum absolute atomic E-state index is 0.405. The lowest BCUT2D eigenvalue weighted by Crippen LogP contribution is -2.44. The monoisotopic (exact) mass is 402 g/mol. The van der Waals surface area contributed by atoms with Gasteiger partial charge in [0.15, 0.2) is 18.4 Å². The predicted molar refractivity (Wildman–Crippen MR) is 87.7 cm³/mol. The van der Waals surface area contributed by atoms with Crippen LogP contribution in [0.5, 0.6) is 0 Å². The van der Waals surface area contributed by atoms with Crippen molar-refractivity contribution in [3.8, 4) is 0 Å². The molecular weight excluding hydrogens is 383 g/mol. The van der Waals surface area contributed by atoms with Gasteiger partial charge in [-0.05, 0) is 6.92 Å². The zero-order chi connectivity index (χ0) is 21.2. The van der Waals surface area contributed by atoms with Gasteiger partial charge in [-0.25, -0.2) is 9.36 Å². The van der Waals surface area contributed by atoms with Gasteiger partial charge in [-0.2, -0.15) is 4.39 Å². The second-order valence-corrected chi connectivity index (χ2v) is 6.06. The topological polar surface area (TPSA) is 143 Å². The number of carbonyl (C=O) groups excluding carboxylic acids is 3. The Labute approximate surface area is 157 Å². The smallest absolute Gasteiger partial charge is 0.332 e. The Morgan fingerprint density at radius 3 is 2.18 bits per heavy atom. The van der Waals surface area contributed by atoms with Gasteiger partial charge in [0.25, 0.3) is 5.56 Å². The Balaban J connectivity index is 2.55. The molecule has 0 unspecified atom stereocenters. The van der Waals surface area contributed by atoms with Crippen molar-refractivity contribution in [1.82, 2.24) is 9.55 Å². The van der Waals surface area contributed by atoms with Gasteiger partial charge in [-0.1, -0.05) is 0 Å². The van der Waals surface area contributed by atoms with Crippen LogP contribution in [0.25, 0.3) is 0 Å². The number of carbonyl (C=O) groups is 3. The zero-order valence-corrected chi connectivity index (χ0v) is 15.5. The third-order valence-corrected chi connectivity index (χ3v) is 3.90. The molecule has 154 valence electrons. The highest BCUT2D eigenvalue weighted by molar-refractivity contribution is 5.68. The highest BCUT2D eigenvalue weighted by Crippen LogP contribution is 2.34. The minimum Gasteiger partial charge on any atom is -0.463 e. The molecule has 2 rings (SSSR count). The van der Waals surface area contributed by atoms with Crippen LogP contribution in [0, 0.1) is 12.9 Å².